The number of hydrogen-bond acceptors (Lipinski definition) is 3. The van der Waals surface area contributed by atoms with Crippen LogP contribution < -0.4 is 5.32 Å². The van der Waals surface area contributed by atoms with Gasteiger partial charge in [-0.15, -0.1) is 11.3 Å². The number of anilines is 1. The maximum atomic E-state index is 14.1. The van der Waals surface area contributed by atoms with Crippen molar-refractivity contribution in [1.29, 1.82) is 5.26 Å². The zero-order valence-corrected chi connectivity index (χ0v) is 17.7. The lowest BCUT2D eigenvalue weighted by Gasteiger charge is -2.39. The van der Waals surface area contributed by atoms with Gasteiger partial charge in [0.25, 0.3) is 0 Å². The van der Waals surface area contributed by atoms with Crippen LogP contribution in [-0.2, 0) is 17.6 Å². The Hall–Kier alpha value is -2.25. The van der Waals surface area contributed by atoms with Crippen molar-refractivity contribution in [3.05, 3.63) is 16.0 Å². The number of carbonyl (C=O) groups excluding carboxylic acids is 1. The molecule has 0 radical (unpaired) electrons. The zero-order valence-electron chi connectivity index (χ0n) is 16.9. The number of amides is 1. The van der Waals surface area contributed by atoms with Gasteiger partial charge >= 0.3 is 41.7 Å². The average molecular weight is 552 g/mol. The number of aryl methyl sites for hydroxylation is 1. The van der Waals surface area contributed by atoms with Gasteiger partial charge in [0.05, 0.1) is 5.56 Å². The lowest BCUT2D eigenvalue weighted by molar-refractivity contribution is -0.435. The molecule has 0 unspecified atom stereocenters. The first-order chi connectivity index (χ1) is 15.7. The number of alkyl halides is 13. The van der Waals surface area contributed by atoms with Crippen molar-refractivity contribution in [3.8, 4) is 6.07 Å². The number of hydrogen-bond donors (Lipinski definition) is 1. The normalized spacial score (nSPS) is 16.7. The van der Waals surface area contributed by atoms with E-state index in [1.807, 2.05) is 0 Å². The molecule has 1 amide bonds. The summed E-state index contributed by atoms with van der Waals surface area (Å²) >= 11 is 0.448. The third-order valence-corrected chi connectivity index (χ3v) is 6.44. The molecule has 1 aromatic rings. The predicted molar refractivity (Wildman–Crippen MR) is 94.3 cm³/mol. The highest BCUT2D eigenvalue weighted by Crippen LogP contribution is 2.60. The van der Waals surface area contributed by atoms with E-state index in [9.17, 15) is 67.1 Å². The molecule has 1 heterocycles. The first kappa shape index (κ1) is 29.0. The SMILES string of the molecule is N#Cc1c(NC(=O)C(F)(F)C(F)(F)C(F)(F)C(F)(F)C(F)(F)C(F)(F)F)sc2c1CCCCCC2. The average Bonchev–Trinajstić information content (AvgIpc) is 3.01. The van der Waals surface area contributed by atoms with Crippen LogP contribution in [0.1, 0.15) is 41.7 Å². The molecule has 0 saturated carbocycles. The molecular weight excluding hydrogens is 539 g/mol. The summed E-state index contributed by atoms with van der Waals surface area (Å²) in [4.78, 5) is 12.2. The molecule has 0 fully saturated rings. The van der Waals surface area contributed by atoms with E-state index in [1.54, 1.807) is 0 Å². The van der Waals surface area contributed by atoms with E-state index < -0.39 is 52.3 Å². The third kappa shape index (κ3) is 4.42. The van der Waals surface area contributed by atoms with Crippen LogP contribution in [0.4, 0.5) is 62.1 Å². The summed E-state index contributed by atoms with van der Waals surface area (Å²) in [6.07, 6.45) is -4.57. The highest BCUT2D eigenvalue weighted by atomic mass is 32.1. The fourth-order valence-electron chi connectivity index (χ4n) is 3.22. The first-order valence-electron chi connectivity index (χ1n) is 9.50. The fraction of sp³-hybridized carbons (Fsp3) is 0.667. The molecule has 1 aliphatic carbocycles. The maximum absolute atomic E-state index is 14.1. The van der Waals surface area contributed by atoms with Crippen LogP contribution in [0, 0.1) is 11.3 Å². The summed E-state index contributed by atoms with van der Waals surface area (Å²) in [5, 5.41) is 9.48. The molecule has 0 atom stereocenters. The van der Waals surface area contributed by atoms with Gasteiger partial charge in [-0.2, -0.15) is 62.3 Å². The van der Waals surface area contributed by atoms with Crippen LogP contribution >= 0.6 is 11.3 Å². The molecule has 0 bridgehead atoms. The molecule has 0 aliphatic heterocycles. The minimum atomic E-state index is -8.10. The Morgan fingerprint density at radius 3 is 1.71 bits per heavy atom. The van der Waals surface area contributed by atoms with Crippen molar-refractivity contribution in [1.82, 2.24) is 0 Å². The van der Waals surface area contributed by atoms with E-state index in [1.165, 1.54) is 6.07 Å². The summed E-state index contributed by atoms with van der Waals surface area (Å²) < 4.78 is 172. The summed E-state index contributed by atoms with van der Waals surface area (Å²) in [7, 11) is 0. The highest BCUT2D eigenvalue weighted by molar-refractivity contribution is 7.16. The van der Waals surface area contributed by atoms with Crippen LogP contribution in [0.15, 0.2) is 0 Å². The zero-order chi connectivity index (χ0) is 27.3. The summed E-state index contributed by atoms with van der Waals surface area (Å²) in [6, 6.07) is 1.51. The van der Waals surface area contributed by atoms with Gasteiger partial charge in [-0.3, -0.25) is 4.79 Å². The van der Waals surface area contributed by atoms with Crippen LogP contribution in [0.3, 0.4) is 0 Å². The highest BCUT2D eigenvalue weighted by Gasteiger charge is 2.91. The van der Waals surface area contributed by atoms with Crippen molar-refractivity contribution in [2.24, 2.45) is 0 Å². The van der Waals surface area contributed by atoms with Gasteiger partial charge in [-0.05, 0) is 31.2 Å². The van der Waals surface area contributed by atoms with Crippen molar-refractivity contribution in [3.63, 3.8) is 0 Å². The quantitative estimate of drug-likeness (QED) is 0.388. The van der Waals surface area contributed by atoms with Gasteiger partial charge in [-0.1, -0.05) is 12.8 Å². The van der Waals surface area contributed by atoms with Crippen molar-refractivity contribution in [2.75, 3.05) is 5.32 Å². The van der Waals surface area contributed by atoms with Gasteiger partial charge in [0, 0.05) is 4.88 Å². The number of thiophene rings is 1. The van der Waals surface area contributed by atoms with Crippen LogP contribution in [0.2, 0.25) is 0 Å². The van der Waals surface area contributed by atoms with Crippen LogP contribution in [0.25, 0.3) is 0 Å². The van der Waals surface area contributed by atoms with E-state index in [2.05, 4.69) is 0 Å². The van der Waals surface area contributed by atoms with E-state index in [-0.39, 0.29) is 18.4 Å². The summed E-state index contributed by atoms with van der Waals surface area (Å²) in [5.74, 6) is -42.1. The topological polar surface area (TPSA) is 52.9 Å². The monoisotopic (exact) mass is 552 g/mol. The molecule has 3 nitrogen and oxygen atoms in total. The Morgan fingerprint density at radius 1 is 0.743 bits per heavy atom. The van der Waals surface area contributed by atoms with Crippen molar-refractivity contribution in [2.45, 2.75) is 74.3 Å². The van der Waals surface area contributed by atoms with Crippen molar-refractivity contribution < 1.29 is 61.9 Å². The molecule has 198 valence electrons. The number of nitrogens with zero attached hydrogens (tertiary/aromatic N) is 1. The molecular formula is C18H13F13N2OS. The number of halogens is 13. The second-order valence-electron chi connectivity index (χ2n) is 7.56. The molecule has 0 aromatic carbocycles. The number of rotatable bonds is 6. The Balaban J connectivity index is 2.47. The minimum absolute atomic E-state index is 0.202. The second-order valence-corrected chi connectivity index (χ2v) is 8.66. The number of fused-ring (bicyclic) bond motifs is 1. The number of nitrogens with one attached hydrogen (secondary N) is 1. The van der Waals surface area contributed by atoms with E-state index in [0.29, 0.717) is 35.5 Å². The van der Waals surface area contributed by atoms with E-state index in [0.717, 1.165) is 11.7 Å². The molecule has 17 heteroatoms. The van der Waals surface area contributed by atoms with Gasteiger partial charge in [0.1, 0.15) is 11.1 Å². The van der Waals surface area contributed by atoms with Crippen molar-refractivity contribution >= 4 is 22.2 Å². The standard InChI is InChI=1S/C18H13F13N2OS/c19-13(20,14(21,22)15(23,24)16(25,26)17(27,28)18(29,30)31)12(34)33-11-9(7-32)8-5-3-1-2-4-6-10(8)35-11/h1-6H2,(H,33,34). The number of carbonyl (C=O) groups is 1. The number of nitriles is 1. The molecule has 1 aromatic heterocycles. The smallest absolute Gasteiger partial charge is 0.311 e. The second kappa shape index (κ2) is 9.00. The van der Waals surface area contributed by atoms with Crippen LogP contribution in [-0.4, -0.2) is 41.7 Å². The predicted octanol–water partition coefficient (Wildman–Crippen LogP) is 6.96. The van der Waals surface area contributed by atoms with Gasteiger partial charge in [-0.25, -0.2) is 0 Å². The summed E-state index contributed by atoms with van der Waals surface area (Å²) in [5.41, 5.74) is -0.232. The fourth-order valence-corrected chi connectivity index (χ4v) is 4.45. The van der Waals surface area contributed by atoms with Gasteiger partial charge in [0.2, 0.25) is 0 Å². The Morgan fingerprint density at radius 2 is 1.23 bits per heavy atom. The lowest BCUT2D eigenvalue weighted by atomic mass is 9.93. The largest absolute Gasteiger partial charge is 0.460 e. The molecule has 1 aliphatic rings. The summed E-state index contributed by atoms with van der Waals surface area (Å²) in [6.45, 7) is 0. The molecule has 1 N–H and O–H groups in total. The maximum Gasteiger partial charge on any atom is 0.460 e. The van der Waals surface area contributed by atoms with Gasteiger partial charge in [0.15, 0.2) is 0 Å². The van der Waals surface area contributed by atoms with Crippen LogP contribution in [0.5, 0.6) is 0 Å². The molecule has 35 heavy (non-hydrogen) atoms. The third-order valence-electron chi connectivity index (χ3n) is 5.23. The van der Waals surface area contributed by atoms with E-state index >= 15 is 0 Å². The molecule has 0 saturated heterocycles. The molecule has 0 spiro atoms. The first-order valence-corrected chi connectivity index (χ1v) is 10.3. The van der Waals surface area contributed by atoms with Gasteiger partial charge < -0.3 is 5.32 Å². The Labute approximate surface area is 191 Å². The van der Waals surface area contributed by atoms with E-state index in [4.69, 9.17) is 0 Å². The minimum Gasteiger partial charge on any atom is -0.311 e. The lowest BCUT2D eigenvalue weighted by Crippen LogP contribution is -2.71. The molecule has 2 rings (SSSR count). The Bertz CT molecular complexity index is 1010. The Kier molecular flexibility index (Phi) is 7.45.